The van der Waals surface area contributed by atoms with Gasteiger partial charge in [-0.1, -0.05) is 50.3 Å². The highest BCUT2D eigenvalue weighted by Gasteiger charge is 2.36. The molecule has 4 aromatic rings. The number of pyridine rings is 1. The van der Waals surface area contributed by atoms with Crippen LogP contribution in [0.2, 0.25) is 0 Å². The molecule has 1 fully saturated rings. The van der Waals surface area contributed by atoms with E-state index in [9.17, 15) is 9.18 Å². The van der Waals surface area contributed by atoms with Gasteiger partial charge in [0.15, 0.2) is 11.6 Å². The lowest BCUT2D eigenvalue weighted by Crippen LogP contribution is -2.45. The molecule has 2 aromatic carbocycles. The van der Waals surface area contributed by atoms with Crippen molar-refractivity contribution >= 4 is 12.0 Å². The van der Waals surface area contributed by atoms with Gasteiger partial charge in [0.2, 0.25) is 0 Å². The van der Waals surface area contributed by atoms with Gasteiger partial charge in [0.1, 0.15) is 11.4 Å². The first-order valence-electron chi connectivity index (χ1n) is 16.7. The van der Waals surface area contributed by atoms with Gasteiger partial charge in [0, 0.05) is 23.1 Å². The lowest BCUT2D eigenvalue weighted by molar-refractivity contribution is -0.290. The van der Waals surface area contributed by atoms with Crippen LogP contribution in [0.25, 0.3) is 39.8 Å². The largest absolute Gasteiger partial charge is 0.460 e. The minimum Gasteiger partial charge on any atom is -0.460 e. The Morgan fingerprint density at radius 3 is 2.54 bits per heavy atom. The second-order valence-corrected chi connectivity index (χ2v) is 14.4. The molecule has 6 rings (SSSR count). The number of esters is 1. The summed E-state index contributed by atoms with van der Waals surface area (Å²) in [6.45, 7) is 13.6. The van der Waals surface area contributed by atoms with Gasteiger partial charge in [-0.3, -0.25) is 9.78 Å². The molecule has 1 saturated heterocycles. The fraction of sp³-hybridized carbons (Fsp3) is 0.447. The number of hydrogen-bond donors (Lipinski definition) is 1. The van der Waals surface area contributed by atoms with E-state index < -0.39 is 11.4 Å². The average molecular weight is 654 g/mol. The van der Waals surface area contributed by atoms with Crippen molar-refractivity contribution in [2.75, 3.05) is 0 Å². The zero-order valence-corrected chi connectivity index (χ0v) is 28.8. The Bertz CT molecular complexity index is 1810. The maximum absolute atomic E-state index is 14.2. The summed E-state index contributed by atoms with van der Waals surface area (Å²) >= 11 is 0. The lowest BCUT2D eigenvalue weighted by Gasteiger charge is -2.40. The van der Waals surface area contributed by atoms with Gasteiger partial charge in [-0.2, -0.15) is 0 Å². The lowest BCUT2D eigenvalue weighted by atomic mass is 9.86. The normalized spacial score (nSPS) is 19.2. The van der Waals surface area contributed by atoms with Gasteiger partial charge in [-0.15, -0.1) is 5.10 Å². The van der Waals surface area contributed by atoms with Crippen molar-refractivity contribution in [3.8, 4) is 33.8 Å². The Labute approximate surface area is 281 Å². The molecule has 48 heavy (non-hydrogen) atoms. The van der Waals surface area contributed by atoms with Gasteiger partial charge in [-0.25, -0.2) is 9.49 Å². The van der Waals surface area contributed by atoms with Crippen LogP contribution in [0.15, 0.2) is 48.5 Å². The van der Waals surface area contributed by atoms with Crippen molar-refractivity contribution in [2.45, 2.75) is 110 Å². The molecule has 2 aliphatic rings. The van der Waals surface area contributed by atoms with Gasteiger partial charge in [0.25, 0.3) is 0 Å². The van der Waals surface area contributed by atoms with Crippen LogP contribution in [-0.2, 0) is 31.8 Å². The molecule has 10 heteroatoms. The first-order valence-corrected chi connectivity index (χ1v) is 16.7. The average Bonchev–Trinajstić information content (AvgIpc) is 3.47. The van der Waals surface area contributed by atoms with E-state index in [1.54, 1.807) is 0 Å². The molecule has 0 bridgehead atoms. The number of aryl methyl sites for hydroxylation is 1. The van der Waals surface area contributed by atoms with Crippen LogP contribution < -0.4 is 0 Å². The number of carbonyl (C=O) groups excluding carboxylic acids is 1. The molecule has 0 radical (unpaired) electrons. The Kier molecular flexibility index (Phi) is 9.33. The van der Waals surface area contributed by atoms with Gasteiger partial charge < -0.3 is 14.2 Å². The summed E-state index contributed by atoms with van der Waals surface area (Å²) in [6.07, 6.45) is 6.71. The highest BCUT2D eigenvalue weighted by Crippen LogP contribution is 2.43. The van der Waals surface area contributed by atoms with Crippen LogP contribution in [0, 0.1) is 5.82 Å². The Balaban J connectivity index is 1.44. The SMILES string of the molecule is CC(C)c1nc2c(c(-c3ccc(F)cc3)c1/C=C/[C@@H]1C[C@H](CC(=O)OC(C)(C)C)OC(C)(C)O1)CCCc1cc(-c3nnn[nH]3)ccc1-2. The summed E-state index contributed by atoms with van der Waals surface area (Å²) in [5.74, 6) is -0.760. The summed E-state index contributed by atoms with van der Waals surface area (Å²) in [6, 6.07) is 13.0. The quantitative estimate of drug-likeness (QED) is 0.200. The van der Waals surface area contributed by atoms with E-state index in [4.69, 9.17) is 19.2 Å². The predicted molar refractivity (Wildman–Crippen MR) is 182 cm³/mol. The number of carbonyl (C=O) groups is 1. The van der Waals surface area contributed by atoms with Gasteiger partial charge in [-0.05, 0) is 111 Å². The second kappa shape index (κ2) is 13.3. The number of fused-ring (bicyclic) bond motifs is 3. The fourth-order valence-corrected chi connectivity index (χ4v) is 6.76. The predicted octanol–water partition coefficient (Wildman–Crippen LogP) is 8.00. The molecular formula is C38H44FN5O4. The van der Waals surface area contributed by atoms with E-state index in [1.807, 2.05) is 52.8 Å². The number of rotatable bonds is 7. The number of nitrogens with zero attached hydrogens (tertiary/aromatic N) is 4. The molecule has 9 nitrogen and oxygen atoms in total. The summed E-state index contributed by atoms with van der Waals surface area (Å²) in [5.41, 5.74) is 8.61. The highest BCUT2D eigenvalue weighted by atomic mass is 19.1. The molecule has 0 saturated carbocycles. The third kappa shape index (κ3) is 7.55. The van der Waals surface area contributed by atoms with Crippen LogP contribution in [0.3, 0.4) is 0 Å². The molecule has 1 aliphatic heterocycles. The van der Waals surface area contributed by atoms with Crippen molar-refractivity contribution in [3.63, 3.8) is 0 Å². The number of halogens is 1. The summed E-state index contributed by atoms with van der Waals surface area (Å²) in [5, 5.41) is 14.4. The van der Waals surface area contributed by atoms with Crippen LogP contribution >= 0.6 is 0 Å². The third-order valence-electron chi connectivity index (χ3n) is 8.57. The van der Waals surface area contributed by atoms with Crippen LogP contribution in [0.1, 0.15) is 96.0 Å². The van der Waals surface area contributed by atoms with Gasteiger partial charge in [0.05, 0.1) is 30.0 Å². The number of aromatic amines is 1. The summed E-state index contributed by atoms with van der Waals surface area (Å²) in [4.78, 5) is 18.1. The van der Waals surface area contributed by atoms with Crippen molar-refractivity contribution in [1.29, 1.82) is 0 Å². The van der Waals surface area contributed by atoms with Crippen molar-refractivity contribution in [3.05, 3.63) is 76.7 Å². The van der Waals surface area contributed by atoms with E-state index in [2.05, 4.69) is 58.8 Å². The number of H-pyrrole nitrogens is 1. The Morgan fingerprint density at radius 2 is 1.85 bits per heavy atom. The van der Waals surface area contributed by atoms with E-state index in [1.165, 1.54) is 17.7 Å². The molecule has 1 aliphatic carbocycles. The van der Waals surface area contributed by atoms with Crippen molar-refractivity contribution in [2.24, 2.45) is 0 Å². The number of ether oxygens (including phenoxy) is 3. The van der Waals surface area contributed by atoms with Crippen LogP contribution in [0.4, 0.5) is 4.39 Å². The van der Waals surface area contributed by atoms with E-state index in [-0.39, 0.29) is 36.3 Å². The summed E-state index contributed by atoms with van der Waals surface area (Å²) < 4.78 is 32.3. The number of hydrogen-bond acceptors (Lipinski definition) is 8. The first-order chi connectivity index (χ1) is 22.8. The molecule has 252 valence electrons. The summed E-state index contributed by atoms with van der Waals surface area (Å²) in [7, 11) is 0. The number of aromatic nitrogens is 5. The Hall–Kier alpha value is -4.28. The van der Waals surface area contributed by atoms with Crippen LogP contribution in [-0.4, -0.2) is 55.2 Å². The van der Waals surface area contributed by atoms with E-state index in [0.717, 1.165) is 64.0 Å². The topological polar surface area (TPSA) is 112 Å². The molecular weight excluding hydrogens is 609 g/mol. The highest BCUT2D eigenvalue weighted by molar-refractivity contribution is 5.86. The maximum atomic E-state index is 14.2. The standard InChI is InChI=1S/C38H44FN5O4/c1-22(2)34-31(18-16-27-20-28(47-38(6,7)46-27)21-32(45)48-37(3,4)5)33(23-11-14-26(39)15-12-23)30-10-8-9-24-19-25(36-41-43-44-42-36)13-17-29(24)35(30)40-34/h11-19,22,27-28H,8-10,20-21H2,1-7H3,(H,41,42,43,44)/b18-16+/t27-,28-/m1/s1. The molecule has 0 amide bonds. The smallest absolute Gasteiger partial charge is 0.308 e. The van der Waals surface area contributed by atoms with Crippen molar-refractivity contribution in [1.82, 2.24) is 25.6 Å². The molecule has 2 aromatic heterocycles. The van der Waals surface area contributed by atoms with Gasteiger partial charge >= 0.3 is 5.97 Å². The van der Waals surface area contributed by atoms with E-state index in [0.29, 0.717) is 12.2 Å². The number of tetrazole rings is 1. The van der Waals surface area contributed by atoms with Crippen LogP contribution in [0.5, 0.6) is 0 Å². The minimum atomic E-state index is -0.892. The molecule has 3 heterocycles. The molecule has 1 N–H and O–H groups in total. The fourth-order valence-electron chi connectivity index (χ4n) is 6.76. The monoisotopic (exact) mass is 653 g/mol. The first kappa shape index (κ1) is 33.6. The van der Waals surface area contributed by atoms with Crippen molar-refractivity contribution < 1.29 is 23.4 Å². The number of nitrogens with one attached hydrogen (secondary N) is 1. The number of benzene rings is 2. The molecule has 0 spiro atoms. The molecule has 2 atom stereocenters. The minimum absolute atomic E-state index is 0.0901. The zero-order valence-electron chi connectivity index (χ0n) is 28.8. The second-order valence-electron chi connectivity index (χ2n) is 14.4. The zero-order chi connectivity index (χ0) is 34.2. The van der Waals surface area contributed by atoms with E-state index >= 15 is 0 Å². The Morgan fingerprint density at radius 1 is 1.10 bits per heavy atom. The maximum Gasteiger partial charge on any atom is 0.308 e. The molecule has 0 unspecified atom stereocenters. The third-order valence-corrected chi connectivity index (χ3v) is 8.57.